The maximum absolute atomic E-state index is 12.3. The fourth-order valence-corrected chi connectivity index (χ4v) is 2.54. The molecule has 9 nitrogen and oxygen atoms in total. The molecule has 0 unspecified atom stereocenters. The third-order valence-corrected chi connectivity index (χ3v) is 3.77. The summed E-state index contributed by atoms with van der Waals surface area (Å²) in [4.78, 5) is 50.3. The number of carbonyl (C=O) groups is 2. The summed E-state index contributed by atoms with van der Waals surface area (Å²) in [6, 6.07) is 6.56. The molecule has 3 N–H and O–H groups in total. The highest BCUT2D eigenvalue weighted by atomic mass is 16.5. The van der Waals surface area contributed by atoms with Crippen molar-refractivity contribution in [1.82, 2.24) is 9.55 Å². The summed E-state index contributed by atoms with van der Waals surface area (Å²) < 4.78 is 11.1. The lowest BCUT2D eigenvalue weighted by Gasteiger charge is -2.11. The van der Waals surface area contributed by atoms with Crippen molar-refractivity contribution in [3.8, 4) is 0 Å². The van der Waals surface area contributed by atoms with Gasteiger partial charge in [0.15, 0.2) is 6.61 Å². The van der Waals surface area contributed by atoms with Crippen LogP contribution >= 0.6 is 0 Å². The van der Waals surface area contributed by atoms with E-state index in [1.165, 1.54) is 13.2 Å². The van der Waals surface area contributed by atoms with E-state index in [0.29, 0.717) is 13.0 Å². The minimum Gasteiger partial charge on any atom is -0.454 e. The van der Waals surface area contributed by atoms with Gasteiger partial charge in [0.05, 0.1) is 12.2 Å². The number of nitrogens with one attached hydrogen (secondary N) is 1. The molecule has 0 fully saturated rings. The maximum atomic E-state index is 12.3. The number of nitrogens with zero attached hydrogens (tertiary/aromatic N) is 1. The average molecular weight is 375 g/mol. The molecule has 1 heterocycles. The number of nitrogen functional groups attached to an aromatic ring is 1. The number of benzene rings is 1. The minimum absolute atomic E-state index is 0.242. The molecule has 1 aromatic carbocycles. The number of esters is 1. The first kappa shape index (κ1) is 20.1. The van der Waals surface area contributed by atoms with Gasteiger partial charge >= 0.3 is 11.7 Å². The van der Waals surface area contributed by atoms with Gasteiger partial charge in [-0.15, -0.1) is 0 Å². The monoisotopic (exact) mass is 375 g/mol. The van der Waals surface area contributed by atoms with Crippen LogP contribution in [0.15, 0.2) is 33.9 Å². The van der Waals surface area contributed by atoms with Gasteiger partial charge in [0.25, 0.3) is 5.56 Å². The van der Waals surface area contributed by atoms with Gasteiger partial charge in [0.1, 0.15) is 11.4 Å². The van der Waals surface area contributed by atoms with Gasteiger partial charge in [0.2, 0.25) is 5.78 Å². The van der Waals surface area contributed by atoms with Crippen molar-refractivity contribution in [2.45, 2.75) is 26.5 Å². The first-order valence-corrected chi connectivity index (χ1v) is 8.29. The Hall–Kier alpha value is -3.20. The van der Waals surface area contributed by atoms with Crippen molar-refractivity contribution in [1.29, 1.82) is 0 Å². The lowest BCUT2D eigenvalue weighted by Crippen LogP contribution is -2.37. The molecule has 0 amide bonds. The van der Waals surface area contributed by atoms with Crippen molar-refractivity contribution in [3.05, 3.63) is 61.8 Å². The second kappa shape index (κ2) is 8.95. The number of ketones is 1. The second-order valence-electron chi connectivity index (χ2n) is 5.80. The third kappa shape index (κ3) is 4.70. The predicted octanol–water partition coefficient (Wildman–Crippen LogP) is 0.715. The molecule has 144 valence electrons. The lowest BCUT2D eigenvalue weighted by atomic mass is 10.1. The summed E-state index contributed by atoms with van der Waals surface area (Å²) in [5.41, 5.74) is 4.82. The van der Waals surface area contributed by atoms with Gasteiger partial charge in [-0.05, 0) is 24.1 Å². The number of hydrogen-bond donors (Lipinski definition) is 2. The zero-order valence-electron chi connectivity index (χ0n) is 15.1. The van der Waals surface area contributed by atoms with Crippen LogP contribution < -0.4 is 17.0 Å². The molecule has 0 radical (unpaired) electrons. The summed E-state index contributed by atoms with van der Waals surface area (Å²) in [6.45, 7) is 1.71. The van der Waals surface area contributed by atoms with E-state index < -0.39 is 35.2 Å². The largest absolute Gasteiger partial charge is 0.454 e. The number of nitrogens with two attached hydrogens (primary N) is 1. The Morgan fingerprint density at radius 2 is 2.00 bits per heavy atom. The van der Waals surface area contributed by atoms with E-state index in [2.05, 4.69) is 4.98 Å². The van der Waals surface area contributed by atoms with Crippen LogP contribution in [0.4, 0.5) is 5.82 Å². The van der Waals surface area contributed by atoms with Crippen LogP contribution in [0, 0.1) is 0 Å². The molecular formula is C18H21N3O6. The van der Waals surface area contributed by atoms with Gasteiger partial charge in [-0.3, -0.25) is 19.1 Å². The highest BCUT2D eigenvalue weighted by Gasteiger charge is 2.21. The number of aromatic amines is 1. The zero-order valence-corrected chi connectivity index (χ0v) is 15.1. The molecule has 0 atom stereocenters. The first-order chi connectivity index (χ1) is 12.9. The molecule has 2 aromatic rings. The zero-order chi connectivity index (χ0) is 20.0. The number of carbonyl (C=O) groups excluding carboxylic acids is 2. The van der Waals surface area contributed by atoms with Crippen LogP contribution in [-0.2, 0) is 22.6 Å². The first-order valence-electron chi connectivity index (χ1n) is 8.29. The molecule has 0 aliphatic heterocycles. The smallest absolute Gasteiger partial charge is 0.338 e. The predicted molar refractivity (Wildman–Crippen MR) is 97.8 cm³/mol. The highest BCUT2D eigenvalue weighted by Crippen LogP contribution is 2.10. The van der Waals surface area contributed by atoms with Gasteiger partial charge in [0, 0.05) is 13.7 Å². The molecule has 2 rings (SSSR count). The Kier molecular flexibility index (Phi) is 6.67. The van der Waals surface area contributed by atoms with Crippen LogP contribution in [0.3, 0.4) is 0 Å². The number of Topliss-reactive ketones (excluding diaryl/α,β-unsaturated/α-hetero) is 1. The summed E-state index contributed by atoms with van der Waals surface area (Å²) in [7, 11) is 1.53. The molecule has 0 bridgehead atoms. The topological polar surface area (TPSA) is 133 Å². The van der Waals surface area contributed by atoms with E-state index >= 15 is 0 Å². The number of methoxy groups -OCH3 is 1. The fraction of sp³-hybridized carbons (Fsp3) is 0.333. The Balaban J connectivity index is 2.17. The number of ether oxygens (including phenoxy) is 2. The number of H-pyrrole nitrogens is 1. The normalized spacial score (nSPS) is 10.6. The Bertz CT molecular complexity index is 960. The molecular weight excluding hydrogens is 354 g/mol. The molecule has 0 saturated carbocycles. The summed E-state index contributed by atoms with van der Waals surface area (Å²) in [5, 5.41) is 0. The van der Waals surface area contributed by atoms with Crippen molar-refractivity contribution in [2.75, 3.05) is 19.5 Å². The Labute approximate surface area is 154 Å². The summed E-state index contributed by atoms with van der Waals surface area (Å²) >= 11 is 0. The Morgan fingerprint density at radius 1 is 1.26 bits per heavy atom. The molecule has 27 heavy (non-hydrogen) atoms. The fourth-order valence-electron chi connectivity index (χ4n) is 2.54. The average Bonchev–Trinajstić information content (AvgIpc) is 2.63. The summed E-state index contributed by atoms with van der Waals surface area (Å²) in [5.74, 6) is -1.76. The SMILES string of the molecule is CCCn1c(N)c(C(=O)COC(=O)c2cccc(COC)c2)c(=O)[nH]c1=O. The molecule has 0 aliphatic carbocycles. The van der Waals surface area contributed by atoms with E-state index in [0.717, 1.165) is 10.1 Å². The summed E-state index contributed by atoms with van der Waals surface area (Å²) in [6.07, 6.45) is 0.580. The van der Waals surface area contributed by atoms with E-state index in [1.54, 1.807) is 18.2 Å². The minimum atomic E-state index is -0.909. The van der Waals surface area contributed by atoms with Crippen molar-refractivity contribution < 1.29 is 19.1 Å². The standard InChI is InChI=1S/C18H21N3O6/c1-3-7-21-15(19)14(16(23)20-18(21)25)13(22)10-27-17(24)12-6-4-5-11(8-12)9-26-2/h4-6,8H,3,7,9-10,19H2,1-2H3,(H,20,23,25). The molecule has 1 aromatic heterocycles. The van der Waals surface area contributed by atoms with Crippen molar-refractivity contribution >= 4 is 17.6 Å². The number of aromatic nitrogens is 2. The van der Waals surface area contributed by atoms with Crippen molar-refractivity contribution in [3.63, 3.8) is 0 Å². The Morgan fingerprint density at radius 3 is 2.67 bits per heavy atom. The highest BCUT2D eigenvalue weighted by molar-refractivity contribution is 6.02. The molecule has 0 aliphatic rings. The third-order valence-electron chi connectivity index (χ3n) is 3.77. The van der Waals surface area contributed by atoms with Crippen LogP contribution in [0.25, 0.3) is 0 Å². The van der Waals surface area contributed by atoms with Gasteiger partial charge in [-0.2, -0.15) is 0 Å². The van der Waals surface area contributed by atoms with Crippen molar-refractivity contribution in [2.24, 2.45) is 0 Å². The van der Waals surface area contributed by atoms with E-state index in [9.17, 15) is 19.2 Å². The number of rotatable bonds is 8. The van der Waals surface area contributed by atoms with Crippen LogP contribution in [0.1, 0.15) is 39.6 Å². The lowest BCUT2D eigenvalue weighted by molar-refractivity contribution is 0.0474. The van der Waals surface area contributed by atoms with Gasteiger partial charge in [-0.25, -0.2) is 9.59 Å². The van der Waals surface area contributed by atoms with Gasteiger partial charge < -0.3 is 15.2 Å². The molecule has 0 saturated heterocycles. The second-order valence-corrected chi connectivity index (χ2v) is 5.80. The quantitative estimate of drug-likeness (QED) is 0.513. The van der Waals surface area contributed by atoms with Gasteiger partial charge in [-0.1, -0.05) is 19.1 Å². The number of anilines is 1. The maximum Gasteiger partial charge on any atom is 0.338 e. The van der Waals surface area contributed by atoms with Crippen LogP contribution in [0.2, 0.25) is 0 Å². The molecule has 0 spiro atoms. The van der Waals surface area contributed by atoms with E-state index in [-0.39, 0.29) is 17.9 Å². The van der Waals surface area contributed by atoms with Crippen LogP contribution in [0.5, 0.6) is 0 Å². The number of hydrogen-bond acceptors (Lipinski definition) is 7. The van der Waals surface area contributed by atoms with E-state index in [1.807, 2.05) is 6.92 Å². The van der Waals surface area contributed by atoms with E-state index in [4.69, 9.17) is 15.2 Å². The van der Waals surface area contributed by atoms with Crippen LogP contribution in [-0.4, -0.2) is 35.0 Å². The molecule has 9 heteroatoms.